The van der Waals surface area contributed by atoms with Crippen molar-refractivity contribution in [2.24, 2.45) is 11.1 Å². The van der Waals surface area contributed by atoms with Crippen molar-refractivity contribution in [3.63, 3.8) is 0 Å². The second-order valence-electron chi connectivity index (χ2n) is 5.68. The van der Waals surface area contributed by atoms with Crippen molar-refractivity contribution in [3.8, 4) is 5.75 Å². The van der Waals surface area contributed by atoms with Crippen LogP contribution in [0.3, 0.4) is 0 Å². The molecule has 0 saturated heterocycles. The van der Waals surface area contributed by atoms with Crippen LogP contribution in [0.15, 0.2) is 12.1 Å². The Balaban J connectivity index is 2.66. The van der Waals surface area contributed by atoms with E-state index >= 15 is 0 Å². The summed E-state index contributed by atoms with van der Waals surface area (Å²) in [5, 5.41) is 3.48. The average molecular weight is 250 g/mol. The van der Waals surface area contributed by atoms with Crippen molar-refractivity contribution in [3.05, 3.63) is 23.3 Å². The Morgan fingerprint density at radius 1 is 1.22 bits per heavy atom. The zero-order valence-corrected chi connectivity index (χ0v) is 12.3. The lowest BCUT2D eigenvalue weighted by Crippen LogP contribution is -2.26. The number of benzene rings is 1. The third-order valence-electron chi connectivity index (χ3n) is 3.41. The van der Waals surface area contributed by atoms with Gasteiger partial charge in [-0.3, -0.25) is 0 Å². The van der Waals surface area contributed by atoms with Crippen LogP contribution >= 0.6 is 0 Å². The number of aryl methyl sites for hydroxylation is 2. The van der Waals surface area contributed by atoms with Gasteiger partial charge >= 0.3 is 0 Å². The number of ether oxygens (including phenoxy) is 1. The molecule has 0 unspecified atom stereocenters. The highest BCUT2D eigenvalue weighted by Crippen LogP contribution is 2.26. The van der Waals surface area contributed by atoms with Gasteiger partial charge in [0.15, 0.2) is 0 Å². The lowest BCUT2D eigenvalue weighted by molar-refractivity contribution is 0.358. The van der Waals surface area contributed by atoms with E-state index in [1.54, 1.807) is 7.11 Å². The van der Waals surface area contributed by atoms with E-state index in [0.717, 1.165) is 30.8 Å². The predicted octanol–water partition coefficient (Wildman–Crippen LogP) is 3.10. The first-order chi connectivity index (χ1) is 8.39. The first-order valence-electron chi connectivity index (χ1n) is 6.49. The molecule has 18 heavy (non-hydrogen) atoms. The molecule has 0 aliphatic carbocycles. The van der Waals surface area contributed by atoms with Crippen LogP contribution in [0.25, 0.3) is 0 Å². The number of anilines is 1. The Hall–Kier alpha value is -1.22. The Bertz CT molecular complexity index is 400. The topological polar surface area (TPSA) is 47.3 Å². The van der Waals surface area contributed by atoms with E-state index < -0.39 is 0 Å². The first-order valence-corrected chi connectivity index (χ1v) is 6.49. The van der Waals surface area contributed by atoms with E-state index in [1.165, 1.54) is 11.3 Å². The maximum absolute atomic E-state index is 5.73. The van der Waals surface area contributed by atoms with Crippen LogP contribution in [0.4, 0.5) is 5.69 Å². The Morgan fingerprint density at radius 3 is 2.44 bits per heavy atom. The third-order valence-corrected chi connectivity index (χ3v) is 3.41. The number of nitrogens with two attached hydrogens (primary N) is 1. The van der Waals surface area contributed by atoms with Gasteiger partial charge in [0.1, 0.15) is 5.75 Å². The normalized spacial score (nSPS) is 11.4. The van der Waals surface area contributed by atoms with Gasteiger partial charge in [-0.05, 0) is 55.5 Å². The minimum absolute atomic E-state index is 0.197. The predicted molar refractivity (Wildman–Crippen MR) is 78.4 cm³/mol. The van der Waals surface area contributed by atoms with Gasteiger partial charge in [0.2, 0.25) is 0 Å². The molecule has 1 rings (SSSR count). The number of nitrogens with one attached hydrogen (secondary N) is 1. The van der Waals surface area contributed by atoms with Gasteiger partial charge in [-0.2, -0.15) is 0 Å². The van der Waals surface area contributed by atoms with Crippen molar-refractivity contribution in [2.75, 3.05) is 25.5 Å². The van der Waals surface area contributed by atoms with Crippen LogP contribution in [0, 0.1) is 19.3 Å². The summed E-state index contributed by atoms with van der Waals surface area (Å²) in [6.45, 7) is 10.2. The summed E-state index contributed by atoms with van der Waals surface area (Å²) in [4.78, 5) is 0. The van der Waals surface area contributed by atoms with Crippen molar-refractivity contribution < 1.29 is 4.74 Å². The standard InChI is InChI=1S/C15H26N2O/c1-11-9-14(18-5)12(2)8-13(11)17-7-6-15(3,4)10-16/h8-9,17H,6-7,10,16H2,1-5H3. The molecule has 0 heterocycles. The molecule has 3 N–H and O–H groups in total. The molecule has 3 nitrogen and oxygen atoms in total. The van der Waals surface area contributed by atoms with Crippen LogP contribution in [-0.4, -0.2) is 20.2 Å². The molecular weight excluding hydrogens is 224 g/mol. The largest absolute Gasteiger partial charge is 0.496 e. The van der Waals surface area contributed by atoms with E-state index in [9.17, 15) is 0 Å². The Labute approximate surface area is 111 Å². The molecule has 0 aliphatic rings. The van der Waals surface area contributed by atoms with Gasteiger partial charge in [-0.25, -0.2) is 0 Å². The number of hydrogen-bond acceptors (Lipinski definition) is 3. The van der Waals surface area contributed by atoms with Crippen LogP contribution in [0.2, 0.25) is 0 Å². The minimum Gasteiger partial charge on any atom is -0.496 e. The molecule has 1 aromatic rings. The Kier molecular flexibility index (Phi) is 5.03. The summed E-state index contributed by atoms with van der Waals surface area (Å²) < 4.78 is 5.31. The lowest BCUT2D eigenvalue weighted by atomic mass is 9.89. The molecule has 0 fully saturated rings. The van der Waals surface area contributed by atoms with Gasteiger partial charge in [0, 0.05) is 12.2 Å². The monoisotopic (exact) mass is 250 g/mol. The molecule has 0 spiro atoms. The highest BCUT2D eigenvalue weighted by Gasteiger charge is 2.14. The molecule has 0 aromatic heterocycles. The van der Waals surface area contributed by atoms with Gasteiger partial charge < -0.3 is 15.8 Å². The maximum Gasteiger partial charge on any atom is 0.122 e. The molecule has 0 aliphatic heterocycles. The van der Waals surface area contributed by atoms with E-state index in [2.05, 4.69) is 45.1 Å². The van der Waals surface area contributed by atoms with Crippen molar-refractivity contribution >= 4 is 5.69 Å². The summed E-state index contributed by atoms with van der Waals surface area (Å²) in [5.41, 5.74) is 9.48. The lowest BCUT2D eigenvalue weighted by Gasteiger charge is -2.23. The smallest absolute Gasteiger partial charge is 0.122 e. The number of methoxy groups -OCH3 is 1. The third kappa shape index (κ3) is 3.91. The van der Waals surface area contributed by atoms with Crippen molar-refractivity contribution in [2.45, 2.75) is 34.1 Å². The molecular formula is C15H26N2O. The molecule has 3 heteroatoms. The zero-order chi connectivity index (χ0) is 13.8. The van der Waals surface area contributed by atoms with E-state index in [4.69, 9.17) is 10.5 Å². The molecule has 0 saturated carbocycles. The molecule has 0 bridgehead atoms. The minimum atomic E-state index is 0.197. The Morgan fingerprint density at radius 2 is 1.89 bits per heavy atom. The van der Waals surface area contributed by atoms with Gasteiger partial charge in [0.25, 0.3) is 0 Å². The quantitative estimate of drug-likeness (QED) is 0.815. The van der Waals surface area contributed by atoms with Crippen LogP contribution in [-0.2, 0) is 0 Å². The summed E-state index contributed by atoms with van der Waals surface area (Å²) in [6, 6.07) is 4.22. The van der Waals surface area contributed by atoms with Gasteiger partial charge in [0.05, 0.1) is 7.11 Å². The fraction of sp³-hybridized carbons (Fsp3) is 0.600. The van der Waals surface area contributed by atoms with E-state index in [1.807, 2.05) is 0 Å². The van der Waals surface area contributed by atoms with E-state index in [0.29, 0.717) is 0 Å². The van der Waals surface area contributed by atoms with Crippen LogP contribution in [0.1, 0.15) is 31.4 Å². The fourth-order valence-electron chi connectivity index (χ4n) is 1.84. The van der Waals surface area contributed by atoms with Gasteiger partial charge in [-0.1, -0.05) is 13.8 Å². The summed E-state index contributed by atoms with van der Waals surface area (Å²) >= 11 is 0. The summed E-state index contributed by atoms with van der Waals surface area (Å²) in [7, 11) is 1.71. The SMILES string of the molecule is COc1cc(C)c(NCCC(C)(C)CN)cc1C. The molecule has 0 amide bonds. The highest BCUT2D eigenvalue weighted by molar-refractivity contribution is 5.56. The van der Waals surface area contributed by atoms with Crippen LogP contribution < -0.4 is 15.8 Å². The van der Waals surface area contributed by atoms with Gasteiger partial charge in [-0.15, -0.1) is 0 Å². The maximum atomic E-state index is 5.73. The van der Waals surface area contributed by atoms with E-state index in [-0.39, 0.29) is 5.41 Å². The molecule has 0 radical (unpaired) electrons. The molecule has 1 aromatic carbocycles. The highest BCUT2D eigenvalue weighted by atomic mass is 16.5. The summed E-state index contributed by atoms with van der Waals surface area (Å²) in [5.74, 6) is 0.945. The first kappa shape index (κ1) is 14.8. The fourth-order valence-corrected chi connectivity index (χ4v) is 1.84. The number of hydrogen-bond donors (Lipinski definition) is 2. The average Bonchev–Trinajstić information content (AvgIpc) is 2.33. The molecule has 0 atom stereocenters. The van der Waals surface area contributed by atoms with Crippen molar-refractivity contribution in [1.29, 1.82) is 0 Å². The summed E-state index contributed by atoms with van der Waals surface area (Å²) in [6.07, 6.45) is 1.06. The zero-order valence-electron chi connectivity index (χ0n) is 12.3. The second-order valence-corrected chi connectivity index (χ2v) is 5.68. The van der Waals surface area contributed by atoms with Crippen LogP contribution in [0.5, 0.6) is 5.75 Å². The number of rotatable bonds is 6. The molecule has 102 valence electrons. The van der Waals surface area contributed by atoms with Crippen molar-refractivity contribution in [1.82, 2.24) is 0 Å². The second kappa shape index (κ2) is 6.10.